The Morgan fingerprint density at radius 3 is 2.32 bits per heavy atom. The van der Waals surface area contributed by atoms with Crippen LogP contribution in [0.1, 0.15) is 21.5 Å². The van der Waals surface area contributed by atoms with Crippen LogP contribution in [-0.2, 0) is 6.54 Å². The van der Waals surface area contributed by atoms with Gasteiger partial charge in [-0.25, -0.2) is 9.59 Å². The van der Waals surface area contributed by atoms with Gasteiger partial charge in [-0.1, -0.05) is 60.7 Å². The van der Waals surface area contributed by atoms with Gasteiger partial charge in [0.2, 0.25) is 0 Å². The Morgan fingerprint density at radius 2 is 1.59 bits per heavy atom. The maximum absolute atomic E-state index is 13.0. The van der Waals surface area contributed by atoms with Crippen molar-refractivity contribution in [1.82, 2.24) is 16.2 Å². The zero-order valence-corrected chi connectivity index (χ0v) is 20.5. The molecule has 8 nitrogen and oxygen atoms in total. The third-order valence-electron chi connectivity index (χ3n) is 5.93. The molecule has 0 aliphatic heterocycles. The monoisotopic (exact) mass is 511 g/mol. The molecular weight excluding hydrogens is 490 g/mol. The van der Waals surface area contributed by atoms with Crippen LogP contribution < -0.4 is 27.4 Å². The van der Waals surface area contributed by atoms with Gasteiger partial charge in [-0.3, -0.25) is 15.6 Å². The molecule has 5 aromatic rings. The number of fused-ring (bicyclic) bond motifs is 3. The van der Waals surface area contributed by atoms with Gasteiger partial charge in [0.25, 0.3) is 5.91 Å². The summed E-state index contributed by atoms with van der Waals surface area (Å²) in [6, 6.07) is 23.8. The van der Waals surface area contributed by atoms with Crippen LogP contribution in [0.2, 0.25) is 0 Å². The van der Waals surface area contributed by atoms with Crippen molar-refractivity contribution in [3.63, 3.8) is 0 Å². The highest BCUT2D eigenvalue weighted by atomic mass is 32.1. The molecule has 0 spiro atoms. The standard InChI is InChI=1S/C28H21N3O5S/c1-16-23-21(13-12-19-20(14-22(32)36-25(19)23)18-10-6-3-7-11-18)35-27(34)24(16)26(33)30-31-28(37)29-15-17-8-4-2-5-9-17/h2-14H,15H2,1H3,(H,30,33)(H2,29,31,37). The molecule has 5 rings (SSSR count). The lowest BCUT2D eigenvalue weighted by Gasteiger charge is -2.13. The lowest BCUT2D eigenvalue weighted by atomic mass is 9.98. The third-order valence-corrected chi connectivity index (χ3v) is 6.17. The van der Waals surface area contributed by atoms with E-state index < -0.39 is 17.2 Å². The molecule has 2 aromatic heterocycles. The number of nitrogens with one attached hydrogen (secondary N) is 3. The van der Waals surface area contributed by atoms with Crippen molar-refractivity contribution in [3.05, 3.63) is 116 Å². The average Bonchev–Trinajstić information content (AvgIpc) is 2.91. The minimum atomic E-state index is -0.826. The van der Waals surface area contributed by atoms with Crippen LogP contribution in [0.25, 0.3) is 33.1 Å². The fourth-order valence-corrected chi connectivity index (χ4v) is 4.32. The molecule has 0 radical (unpaired) electrons. The quantitative estimate of drug-likeness (QED) is 0.143. The molecular formula is C28H21N3O5S. The highest BCUT2D eigenvalue weighted by Gasteiger charge is 2.22. The fraction of sp³-hybridized carbons (Fsp3) is 0.0714. The molecule has 37 heavy (non-hydrogen) atoms. The summed E-state index contributed by atoms with van der Waals surface area (Å²) in [4.78, 5) is 38.2. The number of carbonyl (C=O) groups excluding carboxylic acids is 1. The Kier molecular flexibility index (Phi) is 6.53. The zero-order chi connectivity index (χ0) is 25.9. The number of rotatable bonds is 4. The number of hydrazine groups is 1. The highest BCUT2D eigenvalue weighted by Crippen LogP contribution is 2.33. The third kappa shape index (κ3) is 4.85. The van der Waals surface area contributed by atoms with Gasteiger partial charge in [0, 0.05) is 18.0 Å². The second kappa shape index (κ2) is 10.1. The van der Waals surface area contributed by atoms with Crippen LogP contribution in [-0.4, -0.2) is 11.0 Å². The molecule has 0 atom stereocenters. The molecule has 2 heterocycles. The largest absolute Gasteiger partial charge is 0.422 e. The van der Waals surface area contributed by atoms with E-state index in [2.05, 4.69) is 16.2 Å². The number of amides is 1. The van der Waals surface area contributed by atoms with E-state index in [1.54, 1.807) is 19.1 Å². The summed E-state index contributed by atoms with van der Waals surface area (Å²) in [5, 5.41) is 4.15. The first kappa shape index (κ1) is 24.0. The van der Waals surface area contributed by atoms with Gasteiger partial charge < -0.3 is 14.2 Å². The van der Waals surface area contributed by atoms with E-state index >= 15 is 0 Å². The number of benzene rings is 3. The first-order valence-corrected chi connectivity index (χ1v) is 11.8. The van der Waals surface area contributed by atoms with E-state index in [1.165, 1.54) is 6.07 Å². The summed E-state index contributed by atoms with van der Waals surface area (Å²) in [5.74, 6) is -0.740. The molecule has 0 saturated carbocycles. The molecule has 0 bridgehead atoms. The number of hydrogen-bond donors (Lipinski definition) is 3. The van der Waals surface area contributed by atoms with E-state index in [-0.39, 0.29) is 21.8 Å². The lowest BCUT2D eigenvalue weighted by Crippen LogP contribution is -2.47. The number of hydrogen-bond acceptors (Lipinski definition) is 6. The van der Waals surface area contributed by atoms with E-state index in [0.717, 1.165) is 11.1 Å². The smallest absolute Gasteiger partial charge is 0.349 e. The van der Waals surface area contributed by atoms with Crippen molar-refractivity contribution in [1.29, 1.82) is 0 Å². The van der Waals surface area contributed by atoms with Crippen LogP contribution in [0.4, 0.5) is 0 Å². The molecule has 0 aliphatic carbocycles. The van der Waals surface area contributed by atoms with Crippen molar-refractivity contribution in [2.24, 2.45) is 0 Å². The Bertz CT molecular complexity index is 1760. The van der Waals surface area contributed by atoms with E-state index in [1.807, 2.05) is 60.7 Å². The molecule has 9 heteroatoms. The first-order chi connectivity index (χ1) is 17.9. The van der Waals surface area contributed by atoms with Gasteiger partial charge in [0.1, 0.15) is 16.7 Å². The summed E-state index contributed by atoms with van der Waals surface area (Å²) in [5.41, 5.74) is 6.66. The number of aryl methyl sites for hydroxylation is 1. The predicted octanol–water partition coefficient (Wildman–Crippen LogP) is 4.18. The van der Waals surface area contributed by atoms with Gasteiger partial charge >= 0.3 is 11.3 Å². The predicted molar refractivity (Wildman–Crippen MR) is 145 cm³/mol. The summed E-state index contributed by atoms with van der Waals surface area (Å²) in [6.45, 7) is 2.06. The summed E-state index contributed by atoms with van der Waals surface area (Å²) < 4.78 is 11.0. The minimum absolute atomic E-state index is 0.170. The molecule has 1 amide bonds. The van der Waals surface area contributed by atoms with Crippen LogP contribution in [0.5, 0.6) is 0 Å². The normalized spacial score (nSPS) is 10.8. The Labute approximate surface area is 215 Å². The minimum Gasteiger partial charge on any atom is -0.422 e. The second-order valence-electron chi connectivity index (χ2n) is 8.30. The molecule has 3 N–H and O–H groups in total. The van der Waals surface area contributed by atoms with Crippen molar-refractivity contribution in [3.8, 4) is 11.1 Å². The number of carbonyl (C=O) groups is 1. The molecule has 0 unspecified atom stereocenters. The van der Waals surface area contributed by atoms with Crippen LogP contribution in [0.15, 0.2) is 97.3 Å². The summed E-state index contributed by atoms with van der Waals surface area (Å²) in [7, 11) is 0. The average molecular weight is 512 g/mol. The van der Waals surface area contributed by atoms with Crippen molar-refractivity contribution < 1.29 is 13.6 Å². The molecule has 0 fully saturated rings. The Morgan fingerprint density at radius 1 is 0.892 bits per heavy atom. The van der Waals surface area contributed by atoms with Crippen molar-refractivity contribution in [2.75, 3.05) is 0 Å². The molecule has 0 saturated heterocycles. The second-order valence-corrected chi connectivity index (χ2v) is 8.71. The van der Waals surface area contributed by atoms with Gasteiger partial charge in [-0.2, -0.15) is 0 Å². The Hall–Kier alpha value is -4.76. The van der Waals surface area contributed by atoms with Crippen molar-refractivity contribution >= 4 is 45.2 Å². The van der Waals surface area contributed by atoms with E-state index in [4.69, 9.17) is 21.1 Å². The van der Waals surface area contributed by atoms with Crippen LogP contribution in [0.3, 0.4) is 0 Å². The van der Waals surface area contributed by atoms with Gasteiger partial charge in [0.15, 0.2) is 5.11 Å². The van der Waals surface area contributed by atoms with Gasteiger partial charge in [0.05, 0.1) is 5.39 Å². The van der Waals surface area contributed by atoms with E-state index in [9.17, 15) is 14.4 Å². The fourth-order valence-electron chi connectivity index (χ4n) is 4.20. The SMILES string of the molecule is Cc1c(C(=O)NNC(=S)NCc2ccccc2)c(=O)oc2ccc3c(-c4ccccc4)cc(=O)oc3c12. The van der Waals surface area contributed by atoms with Crippen LogP contribution in [0, 0.1) is 6.92 Å². The molecule has 3 aromatic carbocycles. The maximum Gasteiger partial charge on any atom is 0.349 e. The molecule has 0 aliphatic rings. The summed E-state index contributed by atoms with van der Waals surface area (Å²) in [6.07, 6.45) is 0. The highest BCUT2D eigenvalue weighted by molar-refractivity contribution is 7.80. The van der Waals surface area contributed by atoms with Crippen molar-refractivity contribution in [2.45, 2.75) is 13.5 Å². The molecule has 184 valence electrons. The van der Waals surface area contributed by atoms with Gasteiger partial charge in [-0.15, -0.1) is 0 Å². The Balaban J connectivity index is 1.49. The van der Waals surface area contributed by atoms with E-state index in [0.29, 0.717) is 28.4 Å². The van der Waals surface area contributed by atoms with Crippen LogP contribution >= 0.6 is 12.2 Å². The topological polar surface area (TPSA) is 114 Å². The van der Waals surface area contributed by atoms with Gasteiger partial charge in [-0.05, 0) is 53.5 Å². The summed E-state index contributed by atoms with van der Waals surface area (Å²) >= 11 is 5.21. The maximum atomic E-state index is 13.0. The first-order valence-electron chi connectivity index (χ1n) is 11.4. The number of thiocarbonyl (C=S) groups is 1. The lowest BCUT2D eigenvalue weighted by molar-refractivity contribution is 0.0939. The zero-order valence-electron chi connectivity index (χ0n) is 19.7.